The maximum absolute atomic E-state index is 5.39. The van der Waals surface area contributed by atoms with Gasteiger partial charge < -0.3 is 14.6 Å². The molecule has 3 rings (SSSR count). The second-order valence-corrected chi connectivity index (χ2v) is 5.18. The minimum Gasteiger partial charge on any atom is -0.495 e. The molecule has 1 N–H and O–H groups in total. The van der Waals surface area contributed by atoms with Gasteiger partial charge in [-0.05, 0) is 44.5 Å². The fourth-order valence-electron chi connectivity index (χ4n) is 3.01. The molecular formula is C15H20N2O. The summed E-state index contributed by atoms with van der Waals surface area (Å²) >= 11 is 0. The summed E-state index contributed by atoms with van der Waals surface area (Å²) < 4.78 is 5.39. The van der Waals surface area contributed by atoms with Gasteiger partial charge in [-0.1, -0.05) is 12.1 Å². The zero-order valence-electron chi connectivity index (χ0n) is 11.1. The number of aromatic amines is 1. The molecule has 3 nitrogen and oxygen atoms in total. The van der Waals surface area contributed by atoms with E-state index in [1.165, 1.54) is 30.3 Å². The molecule has 1 saturated heterocycles. The summed E-state index contributed by atoms with van der Waals surface area (Å²) in [6.07, 6.45) is 5.91. The Bertz CT molecular complexity index is 546. The van der Waals surface area contributed by atoms with Gasteiger partial charge in [-0.2, -0.15) is 0 Å². The average molecular weight is 244 g/mol. The molecule has 0 radical (unpaired) electrons. The Hall–Kier alpha value is -1.48. The van der Waals surface area contributed by atoms with Crippen molar-refractivity contribution in [2.45, 2.75) is 25.3 Å². The monoisotopic (exact) mass is 244 g/mol. The van der Waals surface area contributed by atoms with Crippen molar-refractivity contribution in [1.29, 1.82) is 0 Å². The van der Waals surface area contributed by atoms with Crippen molar-refractivity contribution in [3.05, 3.63) is 30.0 Å². The smallest absolute Gasteiger partial charge is 0.142 e. The van der Waals surface area contributed by atoms with Crippen molar-refractivity contribution in [2.24, 2.45) is 0 Å². The van der Waals surface area contributed by atoms with Gasteiger partial charge in [-0.3, -0.25) is 0 Å². The van der Waals surface area contributed by atoms with Crippen molar-refractivity contribution in [3.63, 3.8) is 0 Å². The SMILES string of the molecule is COc1cccc2c(C[C@H]3CCCN3C)c[nH]c12. The molecule has 1 aromatic heterocycles. The highest BCUT2D eigenvalue weighted by molar-refractivity contribution is 5.88. The van der Waals surface area contributed by atoms with Crippen LogP contribution in [0.1, 0.15) is 18.4 Å². The fourth-order valence-corrected chi connectivity index (χ4v) is 3.01. The van der Waals surface area contributed by atoms with E-state index in [4.69, 9.17) is 4.74 Å². The van der Waals surface area contributed by atoms with E-state index in [1.807, 2.05) is 6.07 Å². The number of likely N-dealkylation sites (tertiary alicyclic amines) is 1. The largest absolute Gasteiger partial charge is 0.495 e. The van der Waals surface area contributed by atoms with Crippen LogP contribution in [0.2, 0.25) is 0 Å². The Morgan fingerprint density at radius 1 is 1.44 bits per heavy atom. The first-order valence-corrected chi connectivity index (χ1v) is 6.63. The first-order valence-electron chi connectivity index (χ1n) is 6.63. The van der Waals surface area contributed by atoms with Crippen LogP contribution in [0.3, 0.4) is 0 Å². The number of rotatable bonds is 3. The zero-order chi connectivity index (χ0) is 12.5. The normalized spacial score (nSPS) is 20.7. The van der Waals surface area contributed by atoms with Crippen molar-refractivity contribution < 1.29 is 4.74 Å². The van der Waals surface area contributed by atoms with Crippen LogP contribution in [0.4, 0.5) is 0 Å². The van der Waals surface area contributed by atoms with Crippen LogP contribution in [0, 0.1) is 0 Å². The van der Waals surface area contributed by atoms with E-state index in [9.17, 15) is 0 Å². The van der Waals surface area contributed by atoms with Gasteiger partial charge in [0.15, 0.2) is 0 Å². The van der Waals surface area contributed by atoms with Crippen LogP contribution >= 0.6 is 0 Å². The number of aromatic nitrogens is 1. The highest BCUT2D eigenvalue weighted by Gasteiger charge is 2.22. The lowest BCUT2D eigenvalue weighted by Gasteiger charge is -2.18. The minimum absolute atomic E-state index is 0.690. The van der Waals surface area contributed by atoms with E-state index in [2.05, 4.69) is 35.3 Å². The lowest BCUT2D eigenvalue weighted by Crippen LogP contribution is -2.26. The van der Waals surface area contributed by atoms with Gasteiger partial charge in [0.05, 0.1) is 12.6 Å². The molecule has 18 heavy (non-hydrogen) atoms. The van der Waals surface area contributed by atoms with E-state index in [1.54, 1.807) is 7.11 Å². The molecule has 0 spiro atoms. The number of para-hydroxylation sites is 1. The second kappa shape index (κ2) is 4.65. The third-order valence-corrected chi connectivity index (χ3v) is 4.11. The third kappa shape index (κ3) is 1.89. The molecule has 0 unspecified atom stereocenters. The lowest BCUT2D eigenvalue weighted by molar-refractivity contribution is 0.310. The molecule has 0 amide bonds. The van der Waals surface area contributed by atoms with Crippen LogP contribution in [-0.2, 0) is 6.42 Å². The molecule has 1 aromatic carbocycles. The molecule has 0 bridgehead atoms. The Labute approximate surface area is 108 Å². The van der Waals surface area contributed by atoms with E-state index in [0.29, 0.717) is 6.04 Å². The van der Waals surface area contributed by atoms with Gasteiger partial charge in [0.2, 0.25) is 0 Å². The molecular weight excluding hydrogens is 224 g/mol. The van der Waals surface area contributed by atoms with E-state index < -0.39 is 0 Å². The molecule has 3 heteroatoms. The van der Waals surface area contributed by atoms with E-state index >= 15 is 0 Å². The lowest BCUT2D eigenvalue weighted by atomic mass is 10.0. The van der Waals surface area contributed by atoms with Gasteiger partial charge in [0.25, 0.3) is 0 Å². The highest BCUT2D eigenvalue weighted by atomic mass is 16.5. The summed E-state index contributed by atoms with van der Waals surface area (Å²) in [7, 11) is 3.95. The van der Waals surface area contributed by atoms with Crippen molar-refractivity contribution in [1.82, 2.24) is 9.88 Å². The third-order valence-electron chi connectivity index (χ3n) is 4.11. The summed E-state index contributed by atoms with van der Waals surface area (Å²) in [4.78, 5) is 5.82. The summed E-state index contributed by atoms with van der Waals surface area (Å²) in [6.45, 7) is 1.23. The Morgan fingerprint density at radius 3 is 3.06 bits per heavy atom. The Balaban J connectivity index is 1.93. The molecule has 1 atom stereocenters. The number of nitrogens with one attached hydrogen (secondary N) is 1. The van der Waals surface area contributed by atoms with Crippen molar-refractivity contribution >= 4 is 10.9 Å². The maximum atomic E-state index is 5.39. The summed E-state index contributed by atoms with van der Waals surface area (Å²) in [5.41, 5.74) is 2.53. The number of likely N-dealkylation sites (N-methyl/N-ethyl adjacent to an activating group) is 1. The number of benzene rings is 1. The second-order valence-electron chi connectivity index (χ2n) is 5.18. The molecule has 1 aliphatic rings. The number of fused-ring (bicyclic) bond motifs is 1. The van der Waals surface area contributed by atoms with Crippen LogP contribution in [-0.4, -0.2) is 36.6 Å². The van der Waals surface area contributed by atoms with Gasteiger partial charge in [-0.15, -0.1) is 0 Å². The quantitative estimate of drug-likeness (QED) is 0.899. The molecule has 0 saturated carbocycles. The number of methoxy groups -OCH3 is 1. The van der Waals surface area contributed by atoms with Crippen LogP contribution < -0.4 is 4.74 Å². The predicted octanol–water partition coefficient (Wildman–Crippen LogP) is 2.81. The molecule has 1 aliphatic heterocycles. The van der Waals surface area contributed by atoms with E-state index in [0.717, 1.165) is 17.7 Å². The first kappa shape index (κ1) is 11.6. The Morgan fingerprint density at radius 2 is 2.33 bits per heavy atom. The molecule has 0 aliphatic carbocycles. The van der Waals surface area contributed by atoms with Gasteiger partial charge in [0, 0.05) is 17.6 Å². The summed E-state index contributed by atoms with van der Waals surface area (Å²) in [5.74, 6) is 0.929. The van der Waals surface area contributed by atoms with Gasteiger partial charge in [0.1, 0.15) is 5.75 Å². The van der Waals surface area contributed by atoms with Crippen molar-refractivity contribution in [3.8, 4) is 5.75 Å². The molecule has 96 valence electrons. The predicted molar refractivity (Wildman–Crippen MR) is 74.2 cm³/mol. The summed E-state index contributed by atoms with van der Waals surface area (Å²) in [5, 5.41) is 1.30. The standard InChI is InChI=1S/C15H20N2O/c1-17-8-4-5-12(17)9-11-10-16-15-13(11)6-3-7-14(15)18-2/h3,6-7,10,12,16H,4-5,8-9H2,1-2H3/t12-/m1/s1. The van der Waals surface area contributed by atoms with Gasteiger partial charge in [-0.25, -0.2) is 0 Å². The van der Waals surface area contributed by atoms with Crippen LogP contribution in [0.5, 0.6) is 5.75 Å². The first-order chi connectivity index (χ1) is 8.79. The fraction of sp³-hybridized carbons (Fsp3) is 0.467. The maximum Gasteiger partial charge on any atom is 0.142 e. The number of hydrogen-bond donors (Lipinski definition) is 1. The number of ether oxygens (including phenoxy) is 1. The highest BCUT2D eigenvalue weighted by Crippen LogP contribution is 2.29. The topological polar surface area (TPSA) is 28.3 Å². The number of H-pyrrole nitrogens is 1. The molecule has 1 fully saturated rings. The minimum atomic E-state index is 0.690. The van der Waals surface area contributed by atoms with E-state index in [-0.39, 0.29) is 0 Å². The molecule has 2 aromatic rings. The molecule has 2 heterocycles. The average Bonchev–Trinajstić information content (AvgIpc) is 2.97. The van der Waals surface area contributed by atoms with Gasteiger partial charge >= 0.3 is 0 Å². The Kier molecular flexibility index (Phi) is 3.00. The number of hydrogen-bond acceptors (Lipinski definition) is 2. The van der Waals surface area contributed by atoms with Crippen LogP contribution in [0.15, 0.2) is 24.4 Å². The van der Waals surface area contributed by atoms with Crippen molar-refractivity contribution in [2.75, 3.05) is 20.7 Å². The number of nitrogens with zero attached hydrogens (tertiary/aromatic N) is 1. The van der Waals surface area contributed by atoms with Crippen LogP contribution in [0.25, 0.3) is 10.9 Å². The zero-order valence-corrected chi connectivity index (χ0v) is 11.1. The summed E-state index contributed by atoms with van der Waals surface area (Å²) in [6, 6.07) is 6.94.